The third-order valence-corrected chi connectivity index (χ3v) is 8.04. The zero-order valence-corrected chi connectivity index (χ0v) is 20.8. The Morgan fingerprint density at radius 1 is 0.829 bits per heavy atom. The lowest BCUT2D eigenvalue weighted by Crippen LogP contribution is -2.31. The lowest BCUT2D eigenvalue weighted by Gasteiger charge is -2.37. The van der Waals surface area contributed by atoms with Crippen LogP contribution in [0.1, 0.15) is 56.9 Å². The number of hydrogen-bond donors (Lipinski definition) is 0. The molecule has 2 saturated carbocycles. The number of aryl methyl sites for hydroxylation is 1. The van der Waals surface area contributed by atoms with E-state index >= 15 is 0 Å². The summed E-state index contributed by atoms with van der Waals surface area (Å²) in [6.45, 7) is 3.95. The number of carbonyl (C=O) groups is 1. The molecule has 5 nitrogen and oxygen atoms in total. The van der Waals surface area contributed by atoms with Gasteiger partial charge < -0.3 is 18.9 Å². The van der Waals surface area contributed by atoms with Gasteiger partial charge in [-0.3, -0.25) is 4.79 Å². The molecule has 188 valence electrons. The number of carbonyl (C=O) groups excluding carboxylic acids is 1. The molecule has 2 aromatic carbocycles. The molecule has 3 fully saturated rings. The SMILES string of the molecule is Cc1ccc(-c2ccc(OC(=O)C3CCC(C4CCC(OCOCC5CO5)CC4)CC3)cc2)cc1. The van der Waals surface area contributed by atoms with E-state index in [0.717, 1.165) is 62.5 Å². The fourth-order valence-corrected chi connectivity index (χ4v) is 5.70. The first-order valence-electron chi connectivity index (χ1n) is 13.3. The molecule has 1 unspecified atom stereocenters. The van der Waals surface area contributed by atoms with E-state index in [4.69, 9.17) is 18.9 Å². The van der Waals surface area contributed by atoms with Crippen molar-refractivity contribution in [1.82, 2.24) is 0 Å². The van der Waals surface area contributed by atoms with E-state index in [0.29, 0.717) is 31.4 Å². The highest BCUT2D eigenvalue weighted by Crippen LogP contribution is 2.41. The monoisotopic (exact) mass is 478 g/mol. The molecule has 0 radical (unpaired) electrons. The fraction of sp³-hybridized carbons (Fsp3) is 0.567. The quantitative estimate of drug-likeness (QED) is 0.139. The molecule has 2 aromatic rings. The van der Waals surface area contributed by atoms with Gasteiger partial charge in [-0.1, -0.05) is 42.0 Å². The minimum Gasteiger partial charge on any atom is -0.426 e. The van der Waals surface area contributed by atoms with Gasteiger partial charge in [-0.2, -0.15) is 0 Å². The summed E-state index contributed by atoms with van der Waals surface area (Å²) >= 11 is 0. The summed E-state index contributed by atoms with van der Waals surface area (Å²) in [4.78, 5) is 12.8. The first kappa shape index (κ1) is 24.5. The Hall–Kier alpha value is -2.21. The van der Waals surface area contributed by atoms with Gasteiger partial charge in [-0.05, 0) is 93.4 Å². The van der Waals surface area contributed by atoms with Gasteiger partial charge in [-0.15, -0.1) is 0 Å². The molecule has 1 saturated heterocycles. The summed E-state index contributed by atoms with van der Waals surface area (Å²) in [5.41, 5.74) is 3.55. The molecule has 0 aromatic heterocycles. The second-order valence-corrected chi connectivity index (χ2v) is 10.6. The summed E-state index contributed by atoms with van der Waals surface area (Å²) < 4.78 is 22.3. The maximum atomic E-state index is 12.8. The standard InChI is InChI=1S/C30H38O5/c1-21-2-4-22(5-3-21)25-12-16-28(17-13-25)35-30(31)26-8-6-23(7-9-26)24-10-14-27(15-11-24)34-20-32-18-29-19-33-29/h2-5,12-13,16-17,23-24,26-27,29H,6-11,14-15,18-20H2,1H3. The highest BCUT2D eigenvalue weighted by molar-refractivity contribution is 5.75. The number of epoxide rings is 1. The second-order valence-electron chi connectivity index (χ2n) is 10.6. The molecule has 1 aliphatic heterocycles. The highest BCUT2D eigenvalue weighted by atomic mass is 16.7. The van der Waals surface area contributed by atoms with Gasteiger partial charge in [0, 0.05) is 0 Å². The molecule has 3 aliphatic rings. The van der Waals surface area contributed by atoms with Crippen LogP contribution in [0.25, 0.3) is 11.1 Å². The molecular formula is C30H38O5. The number of hydrogen-bond acceptors (Lipinski definition) is 5. The molecule has 35 heavy (non-hydrogen) atoms. The van der Waals surface area contributed by atoms with Crippen LogP contribution in [-0.2, 0) is 19.0 Å². The zero-order chi connectivity index (χ0) is 24.0. The van der Waals surface area contributed by atoms with E-state index in [1.165, 1.54) is 24.0 Å². The van der Waals surface area contributed by atoms with Crippen molar-refractivity contribution in [2.45, 2.75) is 70.5 Å². The van der Waals surface area contributed by atoms with Crippen LogP contribution < -0.4 is 4.74 Å². The first-order chi connectivity index (χ1) is 17.1. The Bertz CT molecular complexity index is 934. The predicted molar refractivity (Wildman–Crippen MR) is 135 cm³/mol. The number of esters is 1. The van der Waals surface area contributed by atoms with Gasteiger partial charge in [0.05, 0.1) is 25.2 Å². The van der Waals surface area contributed by atoms with Crippen molar-refractivity contribution in [2.75, 3.05) is 20.0 Å². The van der Waals surface area contributed by atoms with E-state index in [-0.39, 0.29) is 11.9 Å². The molecule has 0 spiro atoms. The van der Waals surface area contributed by atoms with Gasteiger partial charge >= 0.3 is 5.97 Å². The van der Waals surface area contributed by atoms with Crippen LogP contribution in [0.4, 0.5) is 0 Å². The number of benzene rings is 2. The average Bonchev–Trinajstić information content (AvgIpc) is 3.73. The van der Waals surface area contributed by atoms with E-state index < -0.39 is 0 Å². The molecule has 0 bridgehead atoms. The second kappa shape index (κ2) is 11.7. The van der Waals surface area contributed by atoms with Crippen molar-refractivity contribution in [3.05, 3.63) is 54.1 Å². The normalized spacial score (nSPS) is 28.4. The smallest absolute Gasteiger partial charge is 0.314 e. The Balaban J connectivity index is 1.01. The van der Waals surface area contributed by atoms with Crippen molar-refractivity contribution >= 4 is 5.97 Å². The van der Waals surface area contributed by atoms with Crippen LogP contribution in [0.15, 0.2) is 48.5 Å². The summed E-state index contributed by atoms with van der Waals surface area (Å²) in [6, 6.07) is 16.3. The van der Waals surface area contributed by atoms with Crippen LogP contribution in [0.2, 0.25) is 0 Å². The molecule has 5 rings (SSSR count). The molecule has 5 heteroatoms. The Morgan fingerprint density at radius 3 is 2.00 bits per heavy atom. The highest BCUT2D eigenvalue weighted by Gasteiger charge is 2.34. The van der Waals surface area contributed by atoms with E-state index in [9.17, 15) is 4.79 Å². The summed E-state index contributed by atoms with van der Waals surface area (Å²) in [5, 5.41) is 0. The third-order valence-electron chi connectivity index (χ3n) is 8.04. The molecule has 0 N–H and O–H groups in total. The molecule has 2 aliphatic carbocycles. The van der Waals surface area contributed by atoms with Crippen molar-refractivity contribution in [3.8, 4) is 16.9 Å². The van der Waals surface area contributed by atoms with Crippen molar-refractivity contribution < 1.29 is 23.7 Å². The third kappa shape index (κ3) is 6.93. The molecule has 1 heterocycles. The number of ether oxygens (including phenoxy) is 4. The Morgan fingerprint density at radius 2 is 1.40 bits per heavy atom. The lowest BCUT2D eigenvalue weighted by molar-refractivity contribution is -0.140. The fourth-order valence-electron chi connectivity index (χ4n) is 5.70. The Labute approximate surface area is 209 Å². The minimum absolute atomic E-state index is 0.0234. The van der Waals surface area contributed by atoms with E-state index in [1.54, 1.807) is 0 Å². The van der Waals surface area contributed by atoms with Gasteiger partial charge in [0.2, 0.25) is 0 Å². The summed E-state index contributed by atoms with van der Waals surface area (Å²) in [5.74, 6) is 2.09. The topological polar surface area (TPSA) is 57.3 Å². The van der Waals surface area contributed by atoms with Gasteiger partial charge in [0.1, 0.15) is 18.6 Å². The molecule has 0 amide bonds. The van der Waals surface area contributed by atoms with Crippen LogP contribution in [-0.4, -0.2) is 38.2 Å². The minimum atomic E-state index is -0.0692. The molecule has 1 atom stereocenters. The van der Waals surface area contributed by atoms with E-state index in [2.05, 4.69) is 31.2 Å². The maximum absolute atomic E-state index is 12.8. The van der Waals surface area contributed by atoms with Crippen LogP contribution in [0, 0.1) is 24.7 Å². The van der Waals surface area contributed by atoms with Crippen LogP contribution >= 0.6 is 0 Å². The van der Waals surface area contributed by atoms with Crippen molar-refractivity contribution in [1.29, 1.82) is 0 Å². The zero-order valence-electron chi connectivity index (χ0n) is 20.8. The van der Waals surface area contributed by atoms with Crippen LogP contribution in [0.3, 0.4) is 0 Å². The maximum Gasteiger partial charge on any atom is 0.314 e. The summed E-state index contributed by atoms with van der Waals surface area (Å²) in [7, 11) is 0. The van der Waals surface area contributed by atoms with Crippen LogP contribution in [0.5, 0.6) is 5.75 Å². The largest absolute Gasteiger partial charge is 0.426 e. The van der Waals surface area contributed by atoms with Gasteiger partial charge in [0.15, 0.2) is 0 Å². The lowest BCUT2D eigenvalue weighted by atomic mass is 9.70. The summed E-state index contributed by atoms with van der Waals surface area (Å²) in [6.07, 6.45) is 9.47. The predicted octanol–water partition coefficient (Wildman–Crippen LogP) is 6.32. The first-order valence-corrected chi connectivity index (χ1v) is 13.3. The van der Waals surface area contributed by atoms with Gasteiger partial charge in [-0.25, -0.2) is 0 Å². The average molecular weight is 479 g/mol. The van der Waals surface area contributed by atoms with Crippen molar-refractivity contribution in [3.63, 3.8) is 0 Å². The molecular weight excluding hydrogens is 440 g/mol. The Kier molecular flexibility index (Phi) is 8.17. The van der Waals surface area contributed by atoms with Gasteiger partial charge in [0.25, 0.3) is 0 Å². The van der Waals surface area contributed by atoms with E-state index in [1.807, 2.05) is 24.3 Å². The van der Waals surface area contributed by atoms with Crippen molar-refractivity contribution in [2.24, 2.45) is 17.8 Å². The number of rotatable bonds is 9.